The van der Waals surface area contributed by atoms with Gasteiger partial charge in [-0.1, -0.05) is 24.3 Å². The van der Waals surface area contributed by atoms with Crippen molar-refractivity contribution in [3.8, 4) is 0 Å². The molecule has 1 aromatic carbocycles. The summed E-state index contributed by atoms with van der Waals surface area (Å²) in [5.74, 6) is 0.584. The Kier molecular flexibility index (Phi) is 6.36. The summed E-state index contributed by atoms with van der Waals surface area (Å²) in [4.78, 5) is 11.8. The molecule has 0 aliphatic heterocycles. The molecular weight excluding hydrogens is 272 g/mol. The van der Waals surface area contributed by atoms with Crippen molar-refractivity contribution in [1.29, 1.82) is 0 Å². The summed E-state index contributed by atoms with van der Waals surface area (Å²) < 4.78 is 0. The van der Waals surface area contributed by atoms with Crippen LogP contribution in [0.4, 0.5) is 4.79 Å². The van der Waals surface area contributed by atoms with Crippen LogP contribution >= 0.6 is 11.8 Å². The number of urea groups is 1. The number of benzene rings is 1. The van der Waals surface area contributed by atoms with Crippen LogP contribution in [0.1, 0.15) is 31.0 Å². The summed E-state index contributed by atoms with van der Waals surface area (Å²) in [6, 6.07) is 7.63. The summed E-state index contributed by atoms with van der Waals surface area (Å²) >= 11 is 1.55. The van der Waals surface area contributed by atoms with Crippen molar-refractivity contribution in [2.24, 2.45) is 0 Å². The molecule has 0 aliphatic carbocycles. The van der Waals surface area contributed by atoms with E-state index in [2.05, 4.69) is 10.6 Å². The predicted octanol–water partition coefficient (Wildman–Crippen LogP) is 2.47. The number of hydrogen-bond acceptors (Lipinski definition) is 3. The largest absolute Gasteiger partial charge is 0.387 e. The van der Waals surface area contributed by atoms with Crippen LogP contribution in [0.3, 0.4) is 0 Å². The lowest BCUT2D eigenvalue weighted by Gasteiger charge is -2.23. The van der Waals surface area contributed by atoms with Crippen LogP contribution in [0.25, 0.3) is 0 Å². The molecule has 0 heterocycles. The molecule has 112 valence electrons. The van der Waals surface area contributed by atoms with Gasteiger partial charge in [0.15, 0.2) is 0 Å². The zero-order chi connectivity index (χ0) is 15.2. The summed E-state index contributed by atoms with van der Waals surface area (Å²) in [5.41, 5.74) is 1.36. The third kappa shape index (κ3) is 5.43. The normalized spacial score (nSPS) is 15.2. The van der Waals surface area contributed by atoms with Crippen molar-refractivity contribution >= 4 is 17.8 Å². The number of nitrogens with one attached hydrogen (secondary N) is 2. The Morgan fingerprint density at radius 1 is 1.45 bits per heavy atom. The Morgan fingerprint density at radius 2 is 2.10 bits per heavy atom. The number of carbonyl (C=O) groups excluding carboxylic acids is 1. The summed E-state index contributed by atoms with van der Waals surface area (Å²) in [6.45, 7) is 5.92. The molecule has 2 unspecified atom stereocenters. The van der Waals surface area contributed by atoms with E-state index in [4.69, 9.17) is 0 Å². The molecule has 0 saturated carbocycles. The number of carbonyl (C=O) groups is 1. The average Bonchev–Trinajstić information content (AvgIpc) is 2.37. The first-order valence-electron chi connectivity index (χ1n) is 6.67. The van der Waals surface area contributed by atoms with Gasteiger partial charge in [0.25, 0.3) is 0 Å². The van der Waals surface area contributed by atoms with E-state index in [0.717, 1.165) is 11.1 Å². The fraction of sp³-hybridized carbons (Fsp3) is 0.533. The quantitative estimate of drug-likeness (QED) is 0.756. The fourth-order valence-corrected chi connectivity index (χ4v) is 2.75. The molecule has 0 saturated heterocycles. The lowest BCUT2D eigenvalue weighted by Crippen LogP contribution is -2.46. The molecule has 2 amide bonds. The Bertz CT molecular complexity index is 449. The van der Waals surface area contributed by atoms with Gasteiger partial charge in [-0.25, -0.2) is 4.79 Å². The maximum absolute atomic E-state index is 11.8. The Labute approximate surface area is 125 Å². The highest BCUT2D eigenvalue weighted by atomic mass is 32.2. The summed E-state index contributed by atoms with van der Waals surface area (Å²) in [6.07, 6.45) is 1.93. The number of aliphatic hydroxyl groups is 1. The zero-order valence-corrected chi connectivity index (χ0v) is 13.4. The Balaban J connectivity index is 2.49. The van der Waals surface area contributed by atoms with Crippen LogP contribution in [0, 0.1) is 6.92 Å². The van der Waals surface area contributed by atoms with Gasteiger partial charge in [0.05, 0.1) is 11.6 Å². The van der Waals surface area contributed by atoms with Crippen LogP contribution < -0.4 is 10.6 Å². The SMILES string of the molecule is CSCC(C)(O)CNC(=O)NC(C)c1ccccc1C. The molecule has 0 fully saturated rings. The first kappa shape index (κ1) is 16.9. The van der Waals surface area contributed by atoms with E-state index in [0.29, 0.717) is 5.75 Å². The Morgan fingerprint density at radius 3 is 2.70 bits per heavy atom. The second-order valence-corrected chi connectivity index (χ2v) is 6.20. The van der Waals surface area contributed by atoms with E-state index in [9.17, 15) is 9.90 Å². The van der Waals surface area contributed by atoms with Crippen molar-refractivity contribution in [1.82, 2.24) is 10.6 Å². The maximum atomic E-state index is 11.8. The van der Waals surface area contributed by atoms with E-state index in [1.54, 1.807) is 18.7 Å². The minimum atomic E-state index is -0.886. The first-order valence-corrected chi connectivity index (χ1v) is 8.06. The average molecular weight is 296 g/mol. The van der Waals surface area contributed by atoms with Crippen LogP contribution in [0.2, 0.25) is 0 Å². The topological polar surface area (TPSA) is 61.4 Å². The predicted molar refractivity (Wildman–Crippen MR) is 85.1 cm³/mol. The highest BCUT2D eigenvalue weighted by Crippen LogP contribution is 2.16. The van der Waals surface area contributed by atoms with Gasteiger partial charge in [-0.15, -0.1) is 0 Å². The number of rotatable bonds is 6. The third-order valence-corrected chi connectivity index (χ3v) is 4.00. The summed E-state index contributed by atoms with van der Waals surface area (Å²) in [5, 5.41) is 15.6. The number of aryl methyl sites for hydroxylation is 1. The molecule has 4 nitrogen and oxygen atoms in total. The molecule has 20 heavy (non-hydrogen) atoms. The number of hydrogen-bond donors (Lipinski definition) is 3. The number of amides is 2. The molecule has 0 spiro atoms. The van der Waals surface area contributed by atoms with Crippen molar-refractivity contribution < 1.29 is 9.90 Å². The van der Waals surface area contributed by atoms with Crippen LogP contribution in [0.5, 0.6) is 0 Å². The Hall–Kier alpha value is -1.20. The van der Waals surface area contributed by atoms with Crippen molar-refractivity contribution in [3.63, 3.8) is 0 Å². The highest BCUT2D eigenvalue weighted by Gasteiger charge is 2.21. The van der Waals surface area contributed by atoms with Gasteiger partial charge < -0.3 is 15.7 Å². The molecule has 1 aromatic rings. The molecule has 0 aromatic heterocycles. The molecular formula is C15H24N2O2S. The second-order valence-electron chi connectivity index (χ2n) is 5.34. The standard InChI is InChI=1S/C15H24N2O2S/c1-11-7-5-6-8-13(11)12(2)17-14(18)16-9-15(3,19)10-20-4/h5-8,12,19H,9-10H2,1-4H3,(H2,16,17,18). The minimum Gasteiger partial charge on any atom is -0.387 e. The lowest BCUT2D eigenvalue weighted by atomic mass is 10.0. The van der Waals surface area contributed by atoms with Crippen molar-refractivity contribution in [2.75, 3.05) is 18.6 Å². The van der Waals surface area contributed by atoms with Gasteiger partial charge in [0, 0.05) is 12.3 Å². The molecule has 3 N–H and O–H groups in total. The molecule has 2 atom stereocenters. The maximum Gasteiger partial charge on any atom is 0.315 e. The molecule has 0 aliphatic rings. The molecule has 1 rings (SSSR count). The second kappa shape index (κ2) is 7.55. The molecule has 0 radical (unpaired) electrons. The molecule has 0 bridgehead atoms. The van der Waals surface area contributed by atoms with Crippen molar-refractivity contribution in [3.05, 3.63) is 35.4 Å². The monoisotopic (exact) mass is 296 g/mol. The van der Waals surface area contributed by atoms with E-state index >= 15 is 0 Å². The van der Waals surface area contributed by atoms with Crippen LogP contribution in [-0.2, 0) is 0 Å². The van der Waals surface area contributed by atoms with E-state index in [1.165, 1.54) is 0 Å². The van der Waals surface area contributed by atoms with E-state index in [-0.39, 0.29) is 18.6 Å². The van der Waals surface area contributed by atoms with E-state index in [1.807, 2.05) is 44.4 Å². The number of thioether (sulfide) groups is 1. The van der Waals surface area contributed by atoms with E-state index < -0.39 is 5.60 Å². The van der Waals surface area contributed by atoms with Crippen molar-refractivity contribution in [2.45, 2.75) is 32.4 Å². The van der Waals surface area contributed by atoms with Gasteiger partial charge in [-0.3, -0.25) is 0 Å². The van der Waals surface area contributed by atoms with Crippen LogP contribution in [-0.4, -0.2) is 35.3 Å². The summed E-state index contributed by atoms with van der Waals surface area (Å²) in [7, 11) is 0. The molecule has 5 heteroatoms. The van der Waals surface area contributed by atoms with Gasteiger partial charge in [0.2, 0.25) is 0 Å². The lowest BCUT2D eigenvalue weighted by molar-refractivity contribution is 0.0868. The third-order valence-electron chi connectivity index (χ3n) is 3.09. The van der Waals surface area contributed by atoms with Gasteiger partial charge in [0.1, 0.15) is 0 Å². The van der Waals surface area contributed by atoms with Crippen LogP contribution in [0.15, 0.2) is 24.3 Å². The van der Waals surface area contributed by atoms with Gasteiger partial charge in [-0.2, -0.15) is 11.8 Å². The zero-order valence-electron chi connectivity index (χ0n) is 12.6. The highest BCUT2D eigenvalue weighted by molar-refractivity contribution is 7.98. The van der Waals surface area contributed by atoms with Gasteiger partial charge in [-0.05, 0) is 38.2 Å². The minimum absolute atomic E-state index is 0.0679. The van der Waals surface area contributed by atoms with Gasteiger partial charge >= 0.3 is 6.03 Å². The fourth-order valence-electron chi connectivity index (χ4n) is 2.03. The smallest absolute Gasteiger partial charge is 0.315 e. The first-order chi connectivity index (χ1) is 9.35.